The number of carbonyl (C=O) groups is 2. The predicted molar refractivity (Wildman–Crippen MR) is 109 cm³/mol. The Bertz CT molecular complexity index is 871. The molecule has 1 heterocycles. The van der Waals surface area contributed by atoms with Gasteiger partial charge in [0, 0.05) is 25.1 Å². The first-order valence-corrected chi connectivity index (χ1v) is 9.99. The highest BCUT2D eigenvalue weighted by Crippen LogP contribution is 2.40. The molecule has 0 bridgehead atoms. The van der Waals surface area contributed by atoms with E-state index in [-0.39, 0.29) is 29.6 Å². The van der Waals surface area contributed by atoms with E-state index in [9.17, 15) is 14.0 Å². The lowest BCUT2D eigenvalue weighted by atomic mass is 9.83. The zero-order valence-corrected chi connectivity index (χ0v) is 16.9. The zero-order chi connectivity index (χ0) is 20.8. The number of carbonyl (C=O) groups excluding carboxylic acids is 2. The fourth-order valence-electron chi connectivity index (χ4n) is 4.05. The average Bonchev–Trinajstić information content (AvgIpc) is 2.73. The summed E-state index contributed by atoms with van der Waals surface area (Å²) < 4.78 is 18.8. The second kappa shape index (κ2) is 9.54. The van der Waals surface area contributed by atoms with E-state index < -0.39 is 0 Å². The molecule has 1 aliphatic rings. The first-order valence-electron chi connectivity index (χ1n) is 9.99. The van der Waals surface area contributed by atoms with Gasteiger partial charge < -0.3 is 15.0 Å². The Morgan fingerprint density at radius 3 is 2.76 bits per heavy atom. The summed E-state index contributed by atoms with van der Waals surface area (Å²) in [6.07, 6.45) is 1.39. The van der Waals surface area contributed by atoms with Crippen molar-refractivity contribution in [2.75, 3.05) is 20.2 Å². The number of halogens is 1. The number of hydrogen-bond acceptors (Lipinski definition) is 3. The molecule has 1 aliphatic heterocycles. The maximum atomic E-state index is 13.3. The molecular weight excluding hydrogens is 371 g/mol. The third kappa shape index (κ3) is 4.75. The van der Waals surface area contributed by atoms with Gasteiger partial charge in [0.1, 0.15) is 11.6 Å². The van der Waals surface area contributed by atoms with Crippen molar-refractivity contribution in [1.82, 2.24) is 10.2 Å². The minimum absolute atomic E-state index is 0.0483. The summed E-state index contributed by atoms with van der Waals surface area (Å²) in [5, 5.41) is 2.98. The number of rotatable bonds is 7. The van der Waals surface area contributed by atoms with Crippen molar-refractivity contribution in [3.8, 4) is 5.75 Å². The predicted octanol–water partition coefficient (Wildman–Crippen LogP) is 3.49. The molecule has 5 nitrogen and oxygen atoms in total. The van der Waals surface area contributed by atoms with Crippen LogP contribution in [-0.2, 0) is 16.0 Å². The number of ether oxygens (including phenoxy) is 1. The lowest BCUT2D eigenvalue weighted by molar-refractivity contribution is -0.143. The Balaban J connectivity index is 1.77. The van der Waals surface area contributed by atoms with E-state index in [0.29, 0.717) is 38.1 Å². The zero-order valence-electron chi connectivity index (χ0n) is 16.9. The Morgan fingerprint density at radius 2 is 2.03 bits per heavy atom. The summed E-state index contributed by atoms with van der Waals surface area (Å²) >= 11 is 0. The summed E-state index contributed by atoms with van der Waals surface area (Å²) in [7, 11) is 1.59. The number of piperidine rings is 1. The fraction of sp³-hybridized carbons (Fsp3) is 0.391. The third-order valence-electron chi connectivity index (χ3n) is 5.44. The topological polar surface area (TPSA) is 58.6 Å². The summed E-state index contributed by atoms with van der Waals surface area (Å²) in [4.78, 5) is 27.3. The van der Waals surface area contributed by atoms with Gasteiger partial charge in [-0.25, -0.2) is 4.39 Å². The van der Waals surface area contributed by atoms with Gasteiger partial charge in [0.05, 0.1) is 19.1 Å². The highest BCUT2D eigenvalue weighted by molar-refractivity contribution is 5.85. The Labute approximate surface area is 170 Å². The van der Waals surface area contributed by atoms with Crippen molar-refractivity contribution in [2.24, 2.45) is 5.92 Å². The summed E-state index contributed by atoms with van der Waals surface area (Å²) in [6, 6.07) is 13.5. The monoisotopic (exact) mass is 398 g/mol. The highest BCUT2D eigenvalue weighted by Gasteiger charge is 2.41. The van der Waals surface area contributed by atoms with E-state index in [1.54, 1.807) is 18.1 Å². The van der Waals surface area contributed by atoms with Gasteiger partial charge in [0.15, 0.2) is 0 Å². The molecule has 0 aromatic heterocycles. The maximum absolute atomic E-state index is 13.3. The third-order valence-corrected chi connectivity index (χ3v) is 5.44. The second-order valence-corrected chi connectivity index (χ2v) is 7.18. The average molecular weight is 398 g/mol. The van der Waals surface area contributed by atoms with Gasteiger partial charge in [-0.15, -0.1) is 0 Å². The van der Waals surface area contributed by atoms with E-state index in [1.165, 1.54) is 12.1 Å². The number of nitrogens with one attached hydrogen (secondary N) is 1. The first-order chi connectivity index (χ1) is 14.0. The van der Waals surface area contributed by atoms with Gasteiger partial charge in [0.2, 0.25) is 11.8 Å². The van der Waals surface area contributed by atoms with Crippen LogP contribution in [0, 0.1) is 11.7 Å². The van der Waals surface area contributed by atoms with Crippen LogP contribution < -0.4 is 10.1 Å². The Morgan fingerprint density at radius 1 is 1.24 bits per heavy atom. The molecule has 2 amide bonds. The van der Waals surface area contributed by atoms with Crippen LogP contribution in [0.4, 0.5) is 4.39 Å². The molecule has 1 fully saturated rings. The molecule has 154 valence electrons. The molecule has 3 rings (SSSR count). The number of hydrogen-bond donors (Lipinski definition) is 1. The van der Waals surface area contributed by atoms with Crippen LogP contribution in [0.3, 0.4) is 0 Å². The smallest absolute Gasteiger partial charge is 0.225 e. The molecular formula is C23H27FN2O3. The van der Waals surface area contributed by atoms with E-state index in [0.717, 1.165) is 11.1 Å². The standard InChI is InChI=1S/C23H27FN2O3/c1-3-26-21(27)12-11-19(22(26)18-9-4-5-10-20(18)29-2)23(28)25-14-13-16-7-6-8-17(24)15-16/h4-10,15,19,22H,3,11-14H2,1-2H3,(H,25,28)/t19-,22+/m1/s1. The van der Waals surface area contributed by atoms with Crippen molar-refractivity contribution >= 4 is 11.8 Å². The molecule has 2 atom stereocenters. The van der Waals surface area contributed by atoms with Gasteiger partial charge in [-0.1, -0.05) is 30.3 Å². The quantitative estimate of drug-likeness (QED) is 0.777. The largest absolute Gasteiger partial charge is 0.496 e. The summed E-state index contributed by atoms with van der Waals surface area (Å²) in [6.45, 7) is 2.86. The molecule has 2 aromatic rings. The maximum Gasteiger partial charge on any atom is 0.225 e. The summed E-state index contributed by atoms with van der Waals surface area (Å²) in [5.74, 6) is -0.0235. The van der Waals surface area contributed by atoms with E-state index >= 15 is 0 Å². The van der Waals surface area contributed by atoms with E-state index in [2.05, 4.69) is 5.32 Å². The minimum Gasteiger partial charge on any atom is -0.496 e. The normalized spacial score (nSPS) is 19.1. The van der Waals surface area contributed by atoms with Crippen LogP contribution in [0.15, 0.2) is 48.5 Å². The van der Waals surface area contributed by atoms with Crippen LogP contribution in [0.5, 0.6) is 5.75 Å². The second-order valence-electron chi connectivity index (χ2n) is 7.18. The fourth-order valence-corrected chi connectivity index (χ4v) is 4.05. The molecule has 1 N–H and O–H groups in total. The SMILES string of the molecule is CCN1C(=O)CC[C@@H](C(=O)NCCc2cccc(F)c2)[C@@H]1c1ccccc1OC. The van der Waals surface area contributed by atoms with Gasteiger partial charge >= 0.3 is 0 Å². The van der Waals surface area contributed by atoms with Crippen LogP contribution in [0.25, 0.3) is 0 Å². The molecule has 0 spiro atoms. The van der Waals surface area contributed by atoms with E-state index in [4.69, 9.17) is 4.74 Å². The lowest BCUT2D eigenvalue weighted by Gasteiger charge is -2.40. The molecule has 0 saturated carbocycles. The Hall–Kier alpha value is -2.89. The van der Waals surface area contributed by atoms with Crippen molar-refractivity contribution in [1.29, 1.82) is 0 Å². The highest BCUT2D eigenvalue weighted by atomic mass is 19.1. The lowest BCUT2D eigenvalue weighted by Crippen LogP contribution is -2.48. The molecule has 1 saturated heterocycles. The van der Waals surface area contributed by atoms with Crippen LogP contribution >= 0.6 is 0 Å². The number of likely N-dealkylation sites (tertiary alicyclic amines) is 1. The van der Waals surface area contributed by atoms with Crippen LogP contribution in [0.2, 0.25) is 0 Å². The number of nitrogens with zero attached hydrogens (tertiary/aromatic N) is 1. The summed E-state index contributed by atoms with van der Waals surface area (Å²) in [5.41, 5.74) is 1.68. The molecule has 29 heavy (non-hydrogen) atoms. The van der Waals surface area contributed by atoms with Crippen molar-refractivity contribution in [3.05, 3.63) is 65.5 Å². The van der Waals surface area contributed by atoms with Crippen molar-refractivity contribution in [3.63, 3.8) is 0 Å². The number of amides is 2. The minimum atomic E-state index is -0.369. The molecule has 6 heteroatoms. The van der Waals surface area contributed by atoms with E-state index in [1.807, 2.05) is 37.3 Å². The number of benzene rings is 2. The van der Waals surface area contributed by atoms with Gasteiger partial charge in [-0.05, 0) is 43.5 Å². The van der Waals surface area contributed by atoms with Gasteiger partial charge in [-0.3, -0.25) is 9.59 Å². The Kier molecular flexibility index (Phi) is 6.86. The van der Waals surface area contributed by atoms with Crippen LogP contribution in [-0.4, -0.2) is 36.9 Å². The molecule has 0 radical (unpaired) electrons. The molecule has 2 aromatic carbocycles. The van der Waals surface area contributed by atoms with Crippen LogP contribution in [0.1, 0.15) is 36.9 Å². The number of para-hydroxylation sites is 1. The number of methoxy groups -OCH3 is 1. The van der Waals surface area contributed by atoms with Gasteiger partial charge in [-0.2, -0.15) is 0 Å². The van der Waals surface area contributed by atoms with Gasteiger partial charge in [0.25, 0.3) is 0 Å². The van der Waals surface area contributed by atoms with Crippen molar-refractivity contribution < 1.29 is 18.7 Å². The molecule has 0 aliphatic carbocycles. The first kappa shape index (κ1) is 20.8. The van der Waals surface area contributed by atoms with Crippen molar-refractivity contribution in [2.45, 2.75) is 32.2 Å². The molecule has 0 unspecified atom stereocenters.